The Hall–Kier alpha value is -2.36. The number of benzene rings is 1. The van der Waals surface area contributed by atoms with Gasteiger partial charge >= 0.3 is 0 Å². The number of hydrogen-bond acceptors (Lipinski definition) is 3. The maximum absolute atomic E-state index is 12.3. The van der Waals surface area contributed by atoms with Gasteiger partial charge in [0.1, 0.15) is 11.5 Å². The molecule has 1 aliphatic heterocycles. The average Bonchev–Trinajstić information content (AvgIpc) is 2.89. The van der Waals surface area contributed by atoms with Crippen molar-refractivity contribution < 1.29 is 4.79 Å². The minimum Gasteiger partial charge on any atom is -0.346 e. The summed E-state index contributed by atoms with van der Waals surface area (Å²) in [6, 6.07) is 13.9. The van der Waals surface area contributed by atoms with Crippen LogP contribution < -0.4 is 10.2 Å². The van der Waals surface area contributed by atoms with Crippen molar-refractivity contribution in [1.29, 1.82) is 0 Å². The molecule has 0 fully saturated rings. The Morgan fingerprint density at radius 3 is 2.68 bits per heavy atom. The predicted molar refractivity (Wildman–Crippen MR) is 88.6 cm³/mol. The molecule has 0 aliphatic carbocycles. The van der Waals surface area contributed by atoms with Gasteiger partial charge in [-0.15, -0.1) is 0 Å². The first kappa shape index (κ1) is 14.6. The maximum Gasteiger partial charge on any atom is 0.270 e. The third-order valence-corrected chi connectivity index (χ3v) is 3.62. The highest BCUT2D eigenvalue weighted by Crippen LogP contribution is 2.33. The molecule has 1 aliphatic rings. The molecule has 4 nitrogen and oxygen atoms in total. The number of pyridine rings is 1. The normalized spacial score (nSPS) is 13.9. The number of anilines is 2. The number of para-hydroxylation sites is 1. The van der Waals surface area contributed by atoms with Gasteiger partial charge in [-0.1, -0.05) is 24.3 Å². The van der Waals surface area contributed by atoms with Gasteiger partial charge in [-0.3, -0.25) is 4.79 Å². The molecule has 1 amide bonds. The van der Waals surface area contributed by atoms with E-state index in [1.165, 1.54) is 11.3 Å². The zero-order valence-corrected chi connectivity index (χ0v) is 13.3. The molecule has 2 heterocycles. The lowest BCUT2D eigenvalue weighted by molar-refractivity contribution is 0.0914. The van der Waals surface area contributed by atoms with Gasteiger partial charge in [0, 0.05) is 17.8 Å². The molecule has 4 heteroatoms. The van der Waals surface area contributed by atoms with Crippen molar-refractivity contribution in [2.24, 2.45) is 0 Å². The van der Waals surface area contributed by atoms with E-state index in [4.69, 9.17) is 0 Å². The van der Waals surface area contributed by atoms with E-state index in [0.29, 0.717) is 5.69 Å². The highest BCUT2D eigenvalue weighted by atomic mass is 16.2. The molecular formula is C18H21N3O. The molecule has 0 spiro atoms. The van der Waals surface area contributed by atoms with Crippen LogP contribution in [0.5, 0.6) is 0 Å². The van der Waals surface area contributed by atoms with Gasteiger partial charge in [-0.05, 0) is 51.0 Å². The van der Waals surface area contributed by atoms with Crippen LogP contribution in [0.4, 0.5) is 11.5 Å². The molecule has 3 rings (SSSR count). The number of hydrogen-bond donors (Lipinski definition) is 1. The van der Waals surface area contributed by atoms with Crippen molar-refractivity contribution in [3.63, 3.8) is 0 Å². The van der Waals surface area contributed by atoms with Crippen LogP contribution in [0.3, 0.4) is 0 Å². The third-order valence-electron chi connectivity index (χ3n) is 3.62. The zero-order chi connectivity index (χ0) is 15.7. The Kier molecular flexibility index (Phi) is 3.61. The second-order valence-electron chi connectivity index (χ2n) is 6.62. The molecule has 114 valence electrons. The van der Waals surface area contributed by atoms with Crippen LogP contribution in [-0.2, 0) is 6.42 Å². The number of aromatic nitrogens is 1. The molecule has 0 bridgehead atoms. The van der Waals surface area contributed by atoms with E-state index in [1.54, 1.807) is 6.07 Å². The number of fused-ring (bicyclic) bond motifs is 1. The fourth-order valence-corrected chi connectivity index (χ4v) is 2.68. The molecule has 0 unspecified atom stereocenters. The molecule has 22 heavy (non-hydrogen) atoms. The Balaban J connectivity index is 1.88. The summed E-state index contributed by atoms with van der Waals surface area (Å²) in [7, 11) is 0. The lowest BCUT2D eigenvalue weighted by Crippen LogP contribution is -2.41. The molecule has 0 saturated heterocycles. The largest absolute Gasteiger partial charge is 0.346 e. The van der Waals surface area contributed by atoms with Crippen LogP contribution in [-0.4, -0.2) is 23.0 Å². The fraction of sp³-hybridized carbons (Fsp3) is 0.333. The fourth-order valence-electron chi connectivity index (χ4n) is 2.68. The van der Waals surface area contributed by atoms with Gasteiger partial charge in [-0.2, -0.15) is 0 Å². The minimum absolute atomic E-state index is 0.137. The van der Waals surface area contributed by atoms with Gasteiger partial charge in [0.2, 0.25) is 0 Å². The standard InChI is InChI=1S/C18H21N3O/c1-18(2,3)20-17(22)14-8-6-10-16(19-14)21-12-11-13-7-4-5-9-15(13)21/h4-10H,11-12H2,1-3H3,(H,20,22). The van der Waals surface area contributed by atoms with Crippen molar-refractivity contribution in [3.8, 4) is 0 Å². The summed E-state index contributed by atoms with van der Waals surface area (Å²) in [5.74, 6) is 0.688. The van der Waals surface area contributed by atoms with Crippen molar-refractivity contribution in [2.75, 3.05) is 11.4 Å². The molecule has 1 aromatic heterocycles. The van der Waals surface area contributed by atoms with Crippen molar-refractivity contribution in [2.45, 2.75) is 32.7 Å². The number of amides is 1. The first-order chi connectivity index (χ1) is 10.4. The van der Waals surface area contributed by atoms with Gasteiger partial charge in [0.05, 0.1) is 0 Å². The van der Waals surface area contributed by atoms with Crippen LogP contribution in [0.25, 0.3) is 0 Å². The van der Waals surface area contributed by atoms with Crippen molar-refractivity contribution in [3.05, 3.63) is 53.7 Å². The topological polar surface area (TPSA) is 45.2 Å². The second-order valence-corrected chi connectivity index (χ2v) is 6.62. The molecule has 0 radical (unpaired) electrons. The lowest BCUT2D eigenvalue weighted by Gasteiger charge is -2.22. The molecule has 1 N–H and O–H groups in total. The van der Waals surface area contributed by atoms with E-state index in [0.717, 1.165) is 18.8 Å². The Morgan fingerprint density at radius 2 is 1.91 bits per heavy atom. The quantitative estimate of drug-likeness (QED) is 0.924. The van der Waals surface area contributed by atoms with E-state index in [2.05, 4.69) is 33.4 Å². The molecule has 0 saturated carbocycles. The summed E-state index contributed by atoms with van der Waals surface area (Å²) in [6.07, 6.45) is 1.01. The van der Waals surface area contributed by atoms with E-state index in [9.17, 15) is 4.79 Å². The Morgan fingerprint density at radius 1 is 1.14 bits per heavy atom. The van der Waals surface area contributed by atoms with Crippen LogP contribution in [0.15, 0.2) is 42.5 Å². The first-order valence-corrected chi connectivity index (χ1v) is 7.59. The minimum atomic E-state index is -0.269. The summed E-state index contributed by atoms with van der Waals surface area (Å²) in [5, 5.41) is 2.95. The van der Waals surface area contributed by atoms with E-state index in [-0.39, 0.29) is 11.4 Å². The monoisotopic (exact) mass is 295 g/mol. The van der Waals surface area contributed by atoms with E-state index < -0.39 is 0 Å². The second kappa shape index (κ2) is 5.44. The number of nitrogens with one attached hydrogen (secondary N) is 1. The van der Waals surface area contributed by atoms with Gasteiger partial charge < -0.3 is 10.2 Å². The number of carbonyl (C=O) groups excluding carboxylic acids is 1. The summed E-state index contributed by atoms with van der Waals surface area (Å²) in [5.41, 5.74) is 2.70. The van der Waals surface area contributed by atoms with Crippen molar-refractivity contribution in [1.82, 2.24) is 10.3 Å². The maximum atomic E-state index is 12.3. The number of rotatable bonds is 2. The first-order valence-electron chi connectivity index (χ1n) is 7.59. The van der Waals surface area contributed by atoms with Crippen LogP contribution in [0.1, 0.15) is 36.8 Å². The Labute approximate surface area is 131 Å². The Bertz CT molecular complexity index is 703. The molecule has 2 aromatic rings. The van der Waals surface area contributed by atoms with E-state index >= 15 is 0 Å². The van der Waals surface area contributed by atoms with Gasteiger partial charge in [0.15, 0.2) is 0 Å². The predicted octanol–water partition coefficient (Wildman–Crippen LogP) is 3.30. The summed E-state index contributed by atoms with van der Waals surface area (Å²) in [6.45, 7) is 6.79. The highest BCUT2D eigenvalue weighted by Gasteiger charge is 2.22. The number of carbonyl (C=O) groups is 1. The smallest absolute Gasteiger partial charge is 0.270 e. The molecular weight excluding hydrogens is 274 g/mol. The summed E-state index contributed by atoms with van der Waals surface area (Å²) >= 11 is 0. The highest BCUT2D eigenvalue weighted by molar-refractivity contribution is 5.93. The average molecular weight is 295 g/mol. The van der Waals surface area contributed by atoms with Crippen molar-refractivity contribution >= 4 is 17.4 Å². The SMILES string of the molecule is CC(C)(C)NC(=O)c1cccc(N2CCc3ccccc32)n1. The van der Waals surface area contributed by atoms with Gasteiger partial charge in [-0.25, -0.2) is 4.98 Å². The van der Waals surface area contributed by atoms with Crippen LogP contribution in [0.2, 0.25) is 0 Å². The van der Waals surface area contributed by atoms with Crippen LogP contribution in [0, 0.1) is 0 Å². The third kappa shape index (κ3) is 2.96. The van der Waals surface area contributed by atoms with E-state index in [1.807, 2.05) is 39.0 Å². The summed E-state index contributed by atoms with van der Waals surface area (Å²) in [4.78, 5) is 19.0. The number of nitrogens with zero attached hydrogens (tertiary/aromatic N) is 2. The lowest BCUT2D eigenvalue weighted by atomic mass is 10.1. The van der Waals surface area contributed by atoms with Gasteiger partial charge in [0.25, 0.3) is 5.91 Å². The molecule has 1 aromatic carbocycles. The van der Waals surface area contributed by atoms with Crippen LogP contribution >= 0.6 is 0 Å². The molecule has 0 atom stereocenters. The summed E-state index contributed by atoms with van der Waals surface area (Å²) < 4.78 is 0. The zero-order valence-electron chi connectivity index (χ0n) is 13.3.